The Morgan fingerprint density at radius 1 is 1.33 bits per heavy atom. The number of nitrogens with one attached hydrogen (secondary N) is 1. The molecular weight excluding hydrogens is 268 g/mol. The lowest BCUT2D eigenvalue weighted by molar-refractivity contribution is -0.691. The molecule has 0 radical (unpaired) electrons. The van der Waals surface area contributed by atoms with E-state index in [1.807, 2.05) is 30.3 Å². The SMILES string of the molecule is Cc1csc(Nc2ccccc2)[n+]1C[C@H](C)O.[Cl-]. The van der Waals surface area contributed by atoms with Gasteiger partial charge in [0.1, 0.15) is 17.9 Å². The molecule has 2 aromatic rings. The van der Waals surface area contributed by atoms with Gasteiger partial charge in [-0.05, 0) is 26.0 Å². The summed E-state index contributed by atoms with van der Waals surface area (Å²) in [6, 6.07) is 10.1. The van der Waals surface area contributed by atoms with E-state index >= 15 is 0 Å². The number of aliphatic hydroxyl groups excluding tert-OH is 1. The Morgan fingerprint density at radius 3 is 2.61 bits per heavy atom. The molecule has 3 nitrogen and oxygen atoms in total. The summed E-state index contributed by atoms with van der Waals surface area (Å²) >= 11 is 1.65. The molecule has 0 saturated carbocycles. The summed E-state index contributed by atoms with van der Waals surface area (Å²) in [5, 5.41) is 16.0. The van der Waals surface area contributed by atoms with Crippen LogP contribution in [-0.2, 0) is 6.54 Å². The molecule has 2 rings (SSSR count). The molecule has 1 atom stereocenters. The van der Waals surface area contributed by atoms with E-state index in [0.29, 0.717) is 6.54 Å². The van der Waals surface area contributed by atoms with Crippen molar-refractivity contribution in [2.24, 2.45) is 0 Å². The highest BCUT2D eigenvalue weighted by Gasteiger charge is 2.16. The smallest absolute Gasteiger partial charge is 0.339 e. The van der Waals surface area contributed by atoms with Crippen molar-refractivity contribution in [3.05, 3.63) is 41.4 Å². The van der Waals surface area contributed by atoms with Crippen molar-refractivity contribution in [1.29, 1.82) is 0 Å². The molecule has 0 spiro atoms. The zero-order valence-electron chi connectivity index (χ0n) is 10.4. The van der Waals surface area contributed by atoms with E-state index < -0.39 is 0 Å². The van der Waals surface area contributed by atoms with Crippen LogP contribution in [0.3, 0.4) is 0 Å². The van der Waals surface area contributed by atoms with Gasteiger partial charge in [0.15, 0.2) is 0 Å². The molecule has 0 bridgehead atoms. The third kappa shape index (κ3) is 3.70. The fourth-order valence-corrected chi connectivity index (χ4v) is 2.59. The first-order chi connectivity index (χ1) is 8.16. The van der Waals surface area contributed by atoms with E-state index in [0.717, 1.165) is 16.5 Å². The van der Waals surface area contributed by atoms with Gasteiger partial charge in [-0.2, -0.15) is 0 Å². The number of halogens is 1. The molecule has 1 aromatic heterocycles. The van der Waals surface area contributed by atoms with Gasteiger partial charge < -0.3 is 17.5 Å². The summed E-state index contributed by atoms with van der Waals surface area (Å²) in [4.78, 5) is 0. The number of nitrogens with zero attached hydrogens (tertiary/aromatic N) is 1. The first kappa shape index (κ1) is 15.0. The molecule has 0 saturated heterocycles. The summed E-state index contributed by atoms with van der Waals surface area (Å²) in [5.41, 5.74) is 2.23. The van der Waals surface area contributed by atoms with Gasteiger partial charge in [0, 0.05) is 5.38 Å². The zero-order valence-corrected chi connectivity index (χ0v) is 12.0. The van der Waals surface area contributed by atoms with Crippen molar-refractivity contribution in [3.63, 3.8) is 0 Å². The van der Waals surface area contributed by atoms with Gasteiger partial charge in [-0.15, -0.1) is 0 Å². The van der Waals surface area contributed by atoms with Crippen LogP contribution in [0.25, 0.3) is 0 Å². The summed E-state index contributed by atoms with van der Waals surface area (Å²) < 4.78 is 2.10. The van der Waals surface area contributed by atoms with Gasteiger partial charge in [0.2, 0.25) is 0 Å². The van der Waals surface area contributed by atoms with E-state index in [1.165, 1.54) is 0 Å². The van der Waals surface area contributed by atoms with Crippen LogP contribution in [0.15, 0.2) is 35.7 Å². The standard InChI is InChI=1S/C13H16N2OS.ClH/c1-10-9-17-13(15(10)8-11(2)16)14-12-6-4-3-5-7-12;/h3-7,9,11,16H,8H2,1-2H3;1H/t11-;/m0./s1. The van der Waals surface area contributed by atoms with Crippen molar-refractivity contribution in [2.75, 3.05) is 5.32 Å². The Balaban J connectivity index is 0.00000162. The Morgan fingerprint density at radius 2 is 2.00 bits per heavy atom. The Hall–Kier alpha value is -1.10. The van der Waals surface area contributed by atoms with Gasteiger partial charge in [-0.25, -0.2) is 9.88 Å². The third-order valence-electron chi connectivity index (χ3n) is 2.48. The number of benzene rings is 1. The maximum Gasteiger partial charge on any atom is 0.339 e. The number of hydrogen-bond donors (Lipinski definition) is 2. The molecule has 0 unspecified atom stereocenters. The lowest BCUT2D eigenvalue weighted by Crippen LogP contribution is -3.00. The third-order valence-corrected chi connectivity index (χ3v) is 3.49. The van der Waals surface area contributed by atoms with Crippen molar-refractivity contribution >= 4 is 22.2 Å². The highest BCUT2D eigenvalue weighted by atomic mass is 35.5. The first-order valence-corrected chi connectivity index (χ1v) is 6.53. The van der Waals surface area contributed by atoms with Crippen LogP contribution in [-0.4, -0.2) is 11.2 Å². The molecule has 0 aliphatic heterocycles. The number of aromatic nitrogens is 1. The zero-order chi connectivity index (χ0) is 12.3. The van der Waals surface area contributed by atoms with Crippen molar-refractivity contribution in [2.45, 2.75) is 26.5 Å². The molecule has 98 valence electrons. The quantitative estimate of drug-likeness (QED) is 0.741. The summed E-state index contributed by atoms with van der Waals surface area (Å²) in [6.07, 6.45) is -0.343. The number of hydrogen-bond acceptors (Lipinski definition) is 3. The predicted molar refractivity (Wildman–Crippen MR) is 70.7 cm³/mol. The van der Waals surface area contributed by atoms with Crippen molar-refractivity contribution < 1.29 is 22.1 Å². The van der Waals surface area contributed by atoms with Crippen LogP contribution in [0.4, 0.5) is 10.8 Å². The van der Waals surface area contributed by atoms with Gasteiger partial charge >= 0.3 is 5.13 Å². The number of aliphatic hydroxyl groups is 1. The molecule has 0 aliphatic rings. The summed E-state index contributed by atoms with van der Waals surface area (Å²) in [6.45, 7) is 4.47. The van der Waals surface area contributed by atoms with Crippen molar-refractivity contribution in [1.82, 2.24) is 0 Å². The van der Waals surface area contributed by atoms with E-state index in [2.05, 4.69) is 22.2 Å². The Labute approximate surface area is 118 Å². The summed E-state index contributed by atoms with van der Waals surface area (Å²) in [7, 11) is 0. The minimum Gasteiger partial charge on any atom is -1.00 e. The topological polar surface area (TPSA) is 36.1 Å². The van der Waals surface area contributed by atoms with E-state index in [9.17, 15) is 5.11 Å². The second-order valence-electron chi connectivity index (χ2n) is 4.13. The molecule has 1 aromatic carbocycles. The number of para-hydroxylation sites is 1. The minimum absolute atomic E-state index is 0. The van der Waals surface area contributed by atoms with Gasteiger partial charge in [-0.1, -0.05) is 29.5 Å². The number of aryl methyl sites for hydroxylation is 1. The van der Waals surface area contributed by atoms with E-state index in [4.69, 9.17) is 0 Å². The number of anilines is 2. The average molecular weight is 285 g/mol. The van der Waals surface area contributed by atoms with Crippen LogP contribution in [0, 0.1) is 6.92 Å². The first-order valence-electron chi connectivity index (χ1n) is 5.65. The van der Waals surface area contributed by atoms with Crippen molar-refractivity contribution in [3.8, 4) is 0 Å². The Kier molecular flexibility index (Phi) is 5.59. The van der Waals surface area contributed by atoms with E-state index in [1.54, 1.807) is 18.3 Å². The molecule has 1 heterocycles. The molecule has 18 heavy (non-hydrogen) atoms. The molecule has 5 heteroatoms. The van der Waals surface area contributed by atoms with Crippen LogP contribution >= 0.6 is 11.3 Å². The summed E-state index contributed by atoms with van der Waals surface area (Å²) in [5.74, 6) is 0. The highest BCUT2D eigenvalue weighted by Crippen LogP contribution is 2.18. The van der Waals surface area contributed by atoms with Gasteiger partial charge in [0.05, 0.1) is 6.10 Å². The van der Waals surface area contributed by atoms with Crippen LogP contribution in [0.5, 0.6) is 0 Å². The van der Waals surface area contributed by atoms with Crippen LogP contribution < -0.4 is 22.3 Å². The second-order valence-corrected chi connectivity index (χ2v) is 4.99. The normalized spacial score (nSPS) is 11.7. The maximum absolute atomic E-state index is 9.50. The fourth-order valence-electron chi connectivity index (χ4n) is 1.66. The largest absolute Gasteiger partial charge is 1.00 e. The number of thiazole rings is 1. The maximum atomic E-state index is 9.50. The molecule has 0 aliphatic carbocycles. The lowest BCUT2D eigenvalue weighted by Gasteiger charge is -2.05. The second kappa shape index (κ2) is 6.73. The van der Waals surface area contributed by atoms with E-state index in [-0.39, 0.29) is 18.5 Å². The highest BCUT2D eigenvalue weighted by molar-refractivity contribution is 7.13. The fraction of sp³-hybridized carbons (Fsp3) is 0.308. The lowest BCUT2D eigenvalue weighted by atomic mass is 10.3. The minimum atomic E-state index is -0.343. The molecule has 0 fully saturated rings. The van der Waals surface area contributed by atoms with Gasteiger partial charge in [-0.3, -0.25) is 0 Å². The Bertz CT molecular complexity index is 485. The predicted octanol–water partition coefficient (Wildman–Crippen LogP) is -0.528. The number of rotatable bonds is 4. The van der Waals surface area contributed by atoms with Crippen LogP contribution in [0.2, 0.25) is 0 Å². The monoisotopic (exact) mass is 284 g/mol. The average Bonchev–Trinajstić information content (AvgIpc) is 2.62. The van der Waals surface area contributed by atoms with Crippen LogP contribution in [0.1, 0.15) is 12.6 Å². The molecule has 0 amide bonds. The molecular formula is C13H17ClN2OS. The van der Waals surface area contributed by atoms with Gasteiger partial charge in [0.25, 0.3) is 0 Å². The molecule has 2 N–H and O–H groups in total.